The number of rotatable bonds is 10. The summed E-state index contributed by atoms with van der Waals surface area (Å²) >= 11 is 6.03. The molecule has 0 aliphatic rings. The van der Waals surface area contributed by atoms with Crippen molar-refractivity contribution in [2.45, 2.75) is 20.0 Å². The van der Waals surface area contributed by atoms with Crippen LogP contribution in [0.3, 0.4) is 0 Å². The number of carbonyl (C=O) groups excluding carboxylic acids is 1. The molecule has 188 valence electrons. The van der Waals surface area contributed by atoms with Gasteiger partial charge in [0.05, 0.1) is 20.8 Å². The maximum Gasteiger partial charge on any atom is 0.260 e. The highest BCUT2D eigenvalue weighted by Crippen LogP contribution is 2.31. The molecule has 11 heteroatoms. The van der Waals surface area contributed by atoms with Crippen LogP contribution in [0.1, 0.15) is 12.5 Å². The van der Waals surface area contributed by atoms with Gasteiger partial charge in [-0.15, -0.1) is 15.3 Å². The van der Waals surface area contributed by atoms with E-state index >= 15 is 0 Å². The van der Waals surface area contributed by atoms with Crippen LogP contribution < -0.4 is 24.3 Å². The van der Waals surface area contributed by atoms with Crippen LogP contribution in [0.15, 0.2) is 48.5 Å². The second-order valence-corrected chi connectivity index (χ2v) is 8.25. The Morgan fingerprint density at radius 2 is 1.86 bits per heavy atom. The van der Waals surface area contributed by atoms with Gasteiger partial charge in [0.25, 0.3) is 5.91 Å². The van der Waals surface area contributed by atoms with Gasteiger partial charge in [-0.3, -0.25) is 4.79 Å². The molecule has 0 spiro atoms. The topological polar surface area (TPSA) is 109 Å². The Kier molecular flexibility index (Phi) is 7.74. The molecule has 1 atom stereocenters. The van der Waals surface area contributed by atoms with Crippen LogP contribution in [-0.2, 0) is 4.79 Å². The van der Waals surface area contributed by atoms with Gasteiger partial charge in [-0.05, 0) is 61.9 Å². The van der Waals surface area contributed by atoms with Crippen molar-refractivity contribution in [1.29, 1.82) is 0 Å². The lowest BCUT2D eigenvalue weighted by atomic mass is 10.2. The van der Waals surface area contributed by atoms with Crippen molar-refractivity contribution in [3.8, 4) is 34.5 Å². The fourth-order valence-corrected chi connectivity index (χ4v) is 3.54. The first-order chi connectivity index (χ1) is 17.4. The molecule has 4 aromatic rings. The average molecular weight is 512 g/mol. The molecule has 10 nitrogen and oxygen atoms in total. The van der Waals surface area contributed by atoms with E-state index in [9.17, 15) is 4.79 Å². The number of hydrogen-bond acceptors (Lipinski definition) is 8. The van der Waals surface area contributed by atoms with Gasteiger partial charge in [-0.2, -0.15) is 4.52 Å². The van der Waals surface area contributed by atoms with Crippen LogP contribution in [0.2, 0.25) is 5.02 Å². The molecule has 0 saturated carbocycles. The van der Waals surface area contributed by atoms with Crippen LogP contribution >= 0.6 is 11.6 Å². The lowest BCUT2D eigenvalue weighted by Crippen LogP contribution is -2.38. The molecule has 2 heterocycles. The monoisotopic (exact) mass is 511 g/mol. The van der Waals surface area contributed by atoms with E-state index in [1.54, 1.807) is 68.1 Å². The zero-order valence-electron chi connectivity index (χ0n) is 20.3. The molecule has 1 unspecified atom stereocenters. The minimum atomic E-state index is -0.680. The van der Waals surface area contributed by atoms with Crippen LogP contribution in [-0.4, -0.2) is 59.2 Å². The summed E-state index contributed by atoms with van der Waals surface area (Å²) in [7, 11) is 3.14. The van der Waals surface area contributed by atoms with Gasteiger partial charge in [0.2, 0.25) is 5.88 Å². The summed E-state index contributed by atoms with van der Waals surface area (Å²) in [4.78, 5) is 12.4. The highest BCUT2D eigenvalue weighted by molar-refractivity contribution is 6.31. The van der Waals surface area contributed by atoms with Crippen molar-refractivity contribution in [1.82, 2.24) is 25.1 Å². The number of hydrogen-bond donors (Lipinski definition) is 1. The second-order valence-electron chi connectivity index (χ2n) is 7.85. The van der Waals surface area contributed by atoms with E-state index < -0.39 is 6.10 Å². The molecule has 0 aliphatic heterocycles. The van der Waals surface area contributed by atoms with E-state index in [-0.39, 0.29) is 19.1 Å². The number of amides is 1. The van der Waals surface area contributed by atoms with Crippen LogP contribution in [0.25, 0.3) is 17.0 Å². The second kappa shape index (κ2) is 11.1. The Morgan fingerprint density at radius 1 is 1.06 bits per heavy atom. The zero-order chi connectivity index (χ0) is 25.7. The number of ether oxygens (including phenoxy) is 4. The van der Waals surface area contributed by atoms with Crippen molar-refractivity contribution < 1.29 is 23.7 Å². The predicted octanol–water partition coefficient (Wildman–Crippen LogP) is 3.73. The molecule has 2 aromatic carbocycles. The molecular formula is C25H26ClN5O5. The lowest BCUT2D eigenvalue weighted by Gasteiger charge is -2.15. The summed E-state index contributed by atoms with van der Waals surface area (Å²) in [6.07, 6.45) is -0.680. The standard InChI is InChI=1S/C25H26ClN5O5/c1-15-13-18(6-7-19(15)26)36-16(2)25(32)27-11-12-35-23-10-9-22-28-29-24(31(22)30-23)17-5-8-20(33-3)21(14-17)34-4/h5-10,13-14,16H,11-12H2,1-4H3,(H,27,32). The number of nitrogens with one attached hydrogen (secondary N) is 1. The highest BCUT2D eigenvalue weighted by Gasteiger charge is 2.16. The third kappa shape index (κ3) is 5.60. The van der Waals surface area contributed by atoms with Crippen LogP contribution in [0.5, 0.6) is 23.1 Å². The number of nitrogens with zero attached hydrogens (tertiary/aromatic N) is 4. The third-order valence-corrected chi connectivity index (χ3v) is 5.77. The minimum absolute atomic E-state index is 0.213. The SMILES string of the molecule is COc1ccc(-c2nnc3ccc(OCCNC(=O)C(C)Oc4ccc(Cl)c(C)c4)nn23)cc1OC. The zero-order valence-corrected chi connectivity index (χ0v) is 21.1. The summed E-state index contributed by atoms with van der Waals surface area (Å²) in [5.41, 5.74) is 2.19. The van der Waals surface area contributed by atoms with E-state index in [1.165, 1.54) is 0 Å². The number of benzene rings is 2. The third-order valence-electron chi connectivity index (χ3n) is 5.34. The number of fused-ring (bicyclic) bond motifs is 1. The van der Waals surface area contributed by atoms with Crippen molar-refractivity contribution in [3.05, 3.63) is 59.1 Å². The van der Waals surface area contributed by atoms with Gasteiger partial charge in [0.1, 0.15) is 12.4 Å². The van der Waals surface area contributed by atoms with Gasteiger partial charge >= 0.3 is 0 Å². The molecule has 0 bridgehead atoms. The first kappa shape index (κ1) is 25.1. The molecule has 1 amide bonds. The fourth-order valence-electron chi connectivity index (χ4n) is 3.43. The lowest BCUT2D eigenvalue weighted by molar-refractivity contribution is -0.127. The van der Waals surface area contributed by atoms with Gasteiger partial charge in [0, 0.05) is 16.7 Å². The summed E-state index contributed by atoms with van der Waals surface area (Å²) in [6.45, 7) is 4.04. The van der Waals surface area contributed by atoms with E-state index in [0.29, 0.717) is 39.6 Å². The summed E-state index contributed by atoms with van der Waals surface area (Å²) in [6, 6.07) is 14.1. The number of carbonyl (C=O) groups is 1. The molecule has 0 fully saturated rings. The maximum atomic E-state index is 12.4. The predicted molar refractivity (Wildman–Crippen MR) is 134 cm³/mol. The van der Waals surface area contributed by atoms with E-state index in [1.807, 2.05) is 13.0 Å². The molecule has 2 aromatic heterocycles. The average Bonchev–Trinajstić information content (AvgIpc) is 3.31. The van der Waals surface area contributed by atoms with Gasteiger partial charge in [0.15, 0.2) is 29.1 Å². The maximum absolute atomic E-state index is 12.4. The smallest absolute Gasteiger partial charge is 0.260 e. The molecule has 0 aliphatic carbocycles. The number of aromatic nitrogens is 4. The highest BCUT2D eigenvalue weighted by atomic mass is 35.5. The number of methoxy groups -OCH3 is 2. The summed E-state index contributed by atoms with van der Waals surface area (Å²) in [5, 5.41) is 16.3. The van der Waals surface area contributed by atoms with Gasteiger partial charge < -0.3 is 24.3 Å². The summed E-state index contributed by atoms with van der Waals surface area (Å²) < 4.78 is 23.7. The molecule has 4 rings (SSSR count). The fraction of sp³-hybridized carbons (Fsp3) is 0.280. The Bertz CT molecular complexity index is 1380. The van der Waals surface area contributed by atoms with Crippen molar-refractivity contribution >= 4 is 23.2 Å². The molecule has 0 saturated heterocycles. The largest absolute Gasteiger partial charge is 0.493 e. The summed E-state index contributed by atoms with van der Waals surface area (Å²) in [5.74, 6) is 2.38. The Morgan fingerprint density at radius 3 is 2.61 bits per heavy atom. The Hall–Kier alpha value is -4.05. The van der Waals surface area contributed by atoms with Crippen molar-refractivity contribution in [2.24, 2.45) is 0 Å². The van der Waals surface area contributed by atoms with Gasteiger partial charge in [-0.1, -0.05) is 11.6 Å². The van der Waals surface area contributed by atoms with Crippen LogP contribution in [0.4, 0.5) is 0 Å². The molecule has 0 radical (unpaired) electrons. The van der Waals surface area contributed by atoms with E-state index in [2.05, 4.69) is 20.6 Å². The molecule has 36 heavy (non-hydrogen) atoms. The molecule has 1 N–H and O–H groups in total. The van der Waals surface area contributed by atoms with E-state index in [4.69, 9.17) is 30.5 Å². The molecular weight excluding hydrogens is 486 g/mol. The normalized spacial score (nSPS) is 11.7. The van der Waals surface area contributed by atoms with Crippen molar-refractivity contribution in [2.75, 3.05) is 27.4 Å². The van der Waals surface area contributed by atoms with Gasteiger partial charge in [-0.25, -0.2) is 0 Å². The first-order valence-electron chi connectivity index (χ1n) is 11.2. The minimum Gasteiger partial charge on any atom is -0.493 e. The van der Waals surface area contributed by atoms with E-state index in [0.717, 1.165) is 11.1 Å². The first-order valence-corrected chi connectivity index (χ1v) is 11.6. The van der Waals surface area contributed by atoms with Crippen LogP contribution in [0, 0.1) is 6.92 Å². The Balaban J connectivity index is 1.35. The number of aryl methyl sites for hydroxylation is 1. The van der Waals surface area contributed by atoms with Crippen molar-refractivity contribution in [3.63, 3.8) is 0 Å². The quantitative estimate of drug-likeness (QED) is 0.321. The number of halogens is 1. The Labute approximate surface area is 213 Å².